The predicted molar refractivity (Wildman–Crippen MR) is 156 cm³/mol. The third-order valence-corrected chi connectivity index (χ3v) is 8.17. The van der Waals surface area contributed by atoms with Crippen molar-refractivity contribution in [3.05, 3.63) is 95.0 Å². The third kappa shape index (κ3) is 7.83. The molecule has 39 heavy (non-hydrogen) atoms. The number of carbonyl (C=O) groups is 2. The van der Waals surface area contributed by atoms with Crippen molar-refractivity contribution in [2.24, 2.45) is 0 Å². The first kappa shape index (κ1) is 30.2. The van der Waals surface area contributed by atoms with Crippen LogP contribution < -0.4 is 9.62 Å². The molecule has 0 heterocycles. The summed E-state index contributed by atoms with van der Waals surface area (Å²) >= 11 is 6.19. The quantitative estimate of drug-likeness (QED) is 0.353. The molecule has 2 amide bonds. The van der Waals surface area contributed by atoms with Gasteiger partial charge in [0.1, 0.15) is 12.6 Å². The van der Waals surface area contributed by atoms with Gasteiger partial charge in [-0.3, -0.25) is 13.9 Å². The lowest BCUT2D eigenvalue weighted by Gasteiger charge is -2.34. The summed E-state index contributed by atoms with van der Waals surface area (Å²) in [6.45, 7) is 8.73. The maximum absolute atomic E-state index is 14.0. The van der Waals surface area contributed by atoms with Gasteiger partial charge in [0.05, 0.1) is 10.6 Å². The van der Waals surface area contributed by atoms with Crippen LogP contribution in [0.2, 0.25) is 5.02 Å². The number of carbonyl (C=O) groups excluding carboxylic acids is 2. The molecular weight excluding hydrogens is 534 g/mol. The van der Waals surface area contributed by atoms with E-state index in [0.29, 0.717) is 17.1 Å². The number of para-hydroxylation sites is 1. The SMILES string of the molecule is CCc1ccccc1N(CC(=O)N(Cc1cccc(Cl)c1)[C@@H](C)C(=O)NC(C)(C)C)S(=O)(=O)c1ccccc1. The highest BCUT2D eigenvalue weighted by atomic mass is 35.5. The normalized spacial score (nSPS) is 12.5. The number of hydrogen-bond donors (Lipinski definition) is 1. The Morgan fingerprint density at radius 1 is 0.949 bits per heavy atom. The lowest BCUT2D eigenvalue weighted by Crippen LogP contribution is -2.54. The molecule has 0 unspecified atom stereocenters. The Morgan fingerprint density at radius 3 is 2.21 bits per heavy atom. The van der Waals surface area contributed by atoms with Crippen LogP contribution >= 0.6 is 11.6 Å². The molecule has 0 radical (unpaired) electrons. The van der Waals surface area contributed by atoms with Gasteiger partial charge in [-0.15, -0.1) is 0 Å². The number of benzene rings is 3. The number of nitrogens with zero attached hydrogens (tertiary/aromatic N) is 2. The summed E-state index contributed by atoms with van der Waals surface area (Å²) in [5.41, 5.74) is 1.41. The van der Waals surface area contributed by atoms with Crippen LogP contribution in [0.25, 0.3) is 0 Å². The van der Waals surface area contributed by atoms with Gasteiger partial charge in [-0.2, -0.15) is 0 Å². The second-order valence-electron chi connectivity index (χ2n) is 10.4. The molecule has 0 bridgehead atoms. The Morgan fingerprint density at radius 2 is 1.59 bits per heavy atom. The minimum Gasteiger partial charge on any atom is -0.350 e. The molecule has 3 aromatic rings. The number of rotatable bonds is 10. The summed E-state index contributed by atoms with van der Waals surface area (Å²) in [6.07, 6.45) is 0.571. The number of hydrogen-bond acceptors (Lipinski definition) is 4. The molecule has 0 spiro atoms. The first-order valence-electron chi connectivity index (χ1n) is 12.8. The van der Waals surface area contributed by atoms with Crippen molar-refractivity contribution in [3.8, 4) is 0 Å². The van der Waals surface area contributed by atoms with E-state index in [9.17, 15) is 18.0 Å². The standard InChI is InChI=1S/C30H36ClN3O4S/c1-6-24-14-10-11-18-27(24)34(39(37,38)26-16-8-7-9-17-26)21-28(35)33(20-23-13-12-15-25(31)19-23)22(2)29(36)32-30(3,4)5/h7-19,22H,6,20-21H2,1-5H3,(H,32,36)/t22-/m0/s1. The van der Waals surface area contributed by atoms with Crippen molar-refractivity contribution in [1.29, 1.82) is 0 Å². The number of anilines is 1. The molecule has 3 rings (SSSR count). The monoisotopic (exact) mass is 569 g/mol. The van der Waals surface area contributed by atoms with E-state index in [1.165, 1.54) is 17.0 Å². The van der Waals surface area contributed by atoms with Crippen LogP contribution in [-0.4, -0.2) is 43.3 Å². The van der Waals surface area contributed by atoms with Gasteiger partial charge in [0, 0.05) is 17.1 Å². The molecule has 208 valence electrons. The largest absolute Gasteiger partial charge is 0.350 e. The predicted octanol–water partition coefficient (Wildman–Crippen LogP) is 5.43. The van der Waals surface area contributed by atoms with E-state index in [1.807, 2.05) is 45.9 Å². The average Bonchev–Trinajstić information content (AvgIpc) is 2.89. The average molecular weight is 570 g/mol. The maximum atomic E-state index is 14.0. The van der Waals surface area contributed by atoms with Gasteiger partial charge >= 0.3 is 0 Å². The molecule has 0 aliphatic carbocycles. The number of sulfonamides is 1. The van der Waals surface area contributed by atoms with Crippen molar-refractivity contribution in [2.45, 2.75) is 64.1 Å². The fraction of sp³-hybridized carbons (Fsp3) is 0.333. The number of halogens is 1. The number of aryl methyl sites for hydroxylation is 1. The molecule has 1 atom stereocenters. The van der Waals surface area contributed by atoms with Crippen LogP contribution in [0.3, 0.4) is 0 Å². The molecule has 0 aromatic heterocycles. The van der Waals surface area contributed by atoms with E-state index >= 15 is 0 Å². The van der Waals surface area contributed by atoms with Gasteiger partial charge in [-0.05, 0) is 75.6 Å². The van der Waals surface area contributed by atoms with Crippen LogP contribution in [0, 0.1) is 0 Å². The van der Waals surface area contributed by atoms with E-state index in [-0.39, 0.29) is 17.3 Å². The van der Waals surface area contributed by atoms with Crippen LogP contribution in [0.1, 0.15) is 45.7 Å². The molecule has 0 aliphatic rings. The van der Waals surface area contributed by atoms with Crippen molar-refractivity contribution in [1.82, 2.24) is 10.2 Å². The van der Waals surface area contributed by atoms with Gasteiger partial charge in [-0.1, -0.05) is 67.1 Å². The minimum absolute atomic E-state index is 0.0728. The van der Waals surface area contributed by atoms with E-state index in [1.54, 1.807) is 55.5 Å². The van der Waals surface area contributed by atoms with E-state index in [0.717, 1.165) is 15.4 Å². The smallest absolute Gasteiger partial charge is 0.264 e. The number of amides is 2. The Kier molecular flexibility index (Phi) is 9.80. The third-order valence-electron chi connectivity index (χ3n) is 6.16. The van der Waals surface area contributed by atoms with Crippen molar-refractivity contribution in [2.75, 3.05) is 10.8 Å². The first-order valence-corrected chi connectivity index (χ1v) is 14.7. The zero-order chi connectivity index (χ0) is 28.8. The highest BCUT2D eigenvalue weighted by Gasteiger charge is 2.34. The fourth-order valence-corrected chi connectivity index (χ4v) is 5.86. The first-order chi connectivity index (χ1) is 18.3. The zero-order valence-corrected chi connectivity index (χ0v) is 24.6. The second kappa shape index (κ2) is 12.7. The van der Waals surface area contributed by atoms with Crippen LogP contribution in [0.4, 0.5) is 5.69 Å². The van der Waals surface area contributed by atoms with Gasteiger partial charge in [0.2, 0.25) is 11.8 Å². The van der Waals surface area contributed by atoms with Crippen molar-refractivity contribution >= 4 is 39.1 Å². The Hall–Kier alpha value is -3.36. The van der Waals surface area contributed by atoms with Crippen molar-refractivity contribution in [3.63, 3.8) is 0 Å². The van der Waals surface area contributed by atoms with Gasteiger partial charge in [0.15, 0.2) is 0 Å². The zero-order valence-electron chi connectivity index (χ0n) is 23.0. The summed E-state index contributed by atoms with van der Waals surface area (Å²) in [4.78, 5) is 28.7. The molecule has 7 nitrogen and oxygen atoms in total. The van der Waals surface area contributed by atoms with Crippen molar-refractivity contribution < 1.29 is 18.0 Å². The Labute approximate surface area is 236 Å². The number of nitrogens with one attached hydrogen (secondary N) is 1. The molecule has 9 heteroatoms. The molecule has 3 aromatic carbocycles. The molecular formula is C30H36ClN3O4S. The summed E-state index contributed by atoms with van der Waals surface area (Å²) in [5.74, 6) is -0.860. The lowest BCUT2D eigenvalue weighted by molar-refractivity contribution is -0.140. The molecule has 0 aliphatic heterocycles. The fourth-order valence-electron chi connectivity index (χ4n) is 4.17. The summed E-state index contributed by atoms with van der Waals surface area (Å²) < 4.78 is 29.0. The molecule has 0 saturated heterocycles. The lowest BCUT2D eigenvalue weighted by atomic mass is 10.1. The minimum atomic E-state index is -4.11. The van der Waals surface area contributed by atoms with Gasteiger partial charge in [0.25, 0.3) is 10.0 Å². The highest BCUT2D eigenvalue weighted by Crippen LogP contribution is 2.28. The summed E-state index contributed by atoms with van der Waals surface area (Å²) in [5, 5.41) is 3.42. The Balaban J connectivity index is 2.07. The Bertz CT molecular complexity index is 1400. The van der Waals surface area contributed by atoms with E-state index in [2.05, 4.69) is 5.32 Å². The topological polar surface area (TPSA) is 86.8 Å². The van der Waals surface area contributed by atoms with Gasteiger partial charge in [-0.25, -0.2) is 8.42 Å². The summed E-state index contributed by atoms with van der Waals surface area (Å²) in [6, 6.07) is 21.3. The van der Waals surface area contributed by atoms with E-state index in [4.69, 9.17) is 11.6 Å². The van der Waals surface area contributed by atoms with Crippen LogP contribution in [0.5, 0.6) is 0 Å². The van der Waals surface area contributed by atoms with Crippen LogP contribution in [-0.2, 0) is 32.6 Å². The maximum Gasteiger partial charge on any atom is 0.264 e. The molecule has 1 N–H and O–H groups in total. The highest BCUT2D eigenvalue weighted by molar-refractivity contribution is 7.92. The van der Waals surface area contributed by atoms with Gasteiger partial charge < -0.3 is 10.2 Å². The van der Waals surface area contributed by atoms with Crippen LogP contribution in [0.15, 0.2) is 83.8 Å². The molecule has 0 fully saturated rings. The second-order valence-corrected chi connectivity index (χ2v) is 12.7. The van der Waals surface area contributed by atoms with E-state index < -0.39 is 34.1 Å². The molecule has 0 saturated carbocycles. The summed E-state index contributed by atoms with van der Waals surface area (Å²) in [7, 11) is -4.11.